The molecule has 4 rings (SSSR count). The molecule has 1 aromatic rings. The number of aromatic nitrogens is 2. The lowest BCUT2D eigenvalue weighted by Gasteiger charge is -2.28. The lowest BCUT2D eigenvalue weighted by molar-refractivity contribution is 0.0716. The van der Waals surface area contributed by atoms with Gasteiger partial charge in [-0.3, -0.25) is 9.48 Å². The molecule has 1 N–H and O–H groups in total. The molecule has 0 aromatic carbocycles. The maximum Gasteiger partial charge on any atom is 0.274 e. The standard InChI is InChI=1S/C22H37N5O/c1-2-11-27-20-9-8-18(23-10-16-25-12-6-7-13-25)17-19(20)21(24-27)22(28)26-14-4-3-5-15-26/h18,23H,2-17H2,1H3. The molecule has 0 bridgehead atoms. The van der Waals surface area contributed by atoms with Gasteiger partial charge in [0.05, 0.1) is 0 Å². The Kier molecular flexibility index (Phi) is 6.68. The van der Waals surface area contributed by atoms with Crippen molar-refractivity contribution in [1.29, 1.82) is 0 Å². The lowest BCUT2D eigenvalue weighted by atomic mass is 9.91. The fraction of sp³-hybridized carbons (Fsp3) is 0.818. The summed E-state index contributed by atoms with van der Waals surface area (Å²) in [6, 6.07) is 0.474. The van der Waals surface area contributed by atoms with Crippen LogP contribution in [0.3, 0.4) is 0 Å². The highest BCUT2D eigenvalue weighted by Crippen LogP contribution is 2.27. The van der Waals surface area contributed by atoms with Crippen molar-refractivity contribution in [2.75, 3.05) is 39.3 Å². The van der Waals surface area contributed by atoms with Crippen LogP contribution in [-0.2, 0) is 19.4 Å². The Labute approximate surface area is 169 Å². The summed E-state index contributed by atoms with van der Waals surface area (Å²) in [5.74, 6) is 0.170. The molecule has 1 aromatic heterocycles. The summed E-state index contributed by atoms with van der Waals surface area (Å²) in [7, 11) is 0. The van der Waals surface area contributed by atoms with Crippen molar-refractivity contribution in [2.24, 2.45) is 0 Å². The highest BCUT2D eigenvalue weighted by Gasteiger charge is 2.31. The van der Waals surface area contributed by atoms with E-state index in [0.29, 0.717) is 6.04 Å². The van der Waals surface area contributed by atoms with Crippen molar-refractivity contribution in [3.8, 4) is 0 Å². The van der Waals surface area contributed by atoms with E-state index in [0.717, 1.165) is 76.9 Å². The molecular formula is C22H37N5O. The molecule has 6 nitrogen and oxygen atoms in total. The minimum atomic E-state index is 0.170. The Morgan fingerprint density at radius 2 is 1.82 bits per heavy atom. The smallest absolute Gasteiger partial charge is 0.274 e. The Morgan fingerprint density at radius 1 is 1.07 bits per heavy atom. The Hall–Kier alpha value is -1.40. The highest BCUT2D eigenvalue weighted by molar-refractivity contribution is 5.94. The van der Waals surface area contributed by atoms with Crippen molar-refractivity contribution in [3.05, 3.63) is 17.0 Å². The van der Waals surface area contributed by atoms with E-state index in [-0.39, 0.29) is 5.91 Å². The first-order valence-electron chi connectivity index (χ1n) is 11.6. The number of rotatable bonds is 7. The van der Waals surface area contributed by atoms with Gasteiger partial charge in [0.1, 0.15) is 0 Å². The number of carbonyl (C=O) groups excluding carboxylic acids is 1. The lowest BCUT2D eigenvalue weighted by Crippen LogP contribution is -2.40. The van der Waals surface area contributed by atoms with Gasteiger partial charge in [-0.2, -0.15) is 5.10 Å². The normalized spacial score (nSPS) is 23.2. The SMILES string of the molecule is CCCn1nc(C(=O)N2CCCCC2)c2c1CCC(NCCN1CCCC1)C2. The van der Waals surface area contributed by atoms with Crippen LogP contribution in [0, 0.1) is 0 Å². The van der Waals surface area contributed by atoms with Crippen molar-refractivity contribution in [1.82, 2.24) is 24.9 Å². The summed E-state index contributed by atoms with van der Waals surface area (Å²) in [5, 5.41) is 8.60. The monoisotopic (exact) mass is 387 g/mol. The van der Waals surface area contributed by atoms with E-state index in [9.17, 15) is 4.79 Å². The number of likely N-dealkylation sites (tertiary alicyclic amines) is 2. The third-order valence-corrected chi connectivity index (χ3v) is 6.69. The van der Waals surface area contributed by atoms with Gasteiger partial charge in [0.15, 0.2) is 5.69 Å². The van der Waals surface area contributed by atoms with Gasteiger partial charge in [0.2, 0.25) is 0 Å². The largest absolute Gasteiger partial charge is 0.337 e. The van der Waals surface area contributed by atoms with Gasteiger partial charge in [-0.25, -0.2) is 0 Å². The Bertz CT molecular complexity index is 658. The molecule has 28 heavy (non-hydrogen) atoms. The second-order valence-electron chi connectivity index (χ2n) is 8.79. The van der Waals surface area contributed by atoms with Crippen LogP contribution in [0.5, 0.6) is 0 Å². The van der Waals surface area contributed by atoms with Gasteiger partial charge < -0.3 is 15.1 Å². The molecule has 1 aliphatic carbocycles. The zero-order chi connectivity index (χ0) is 19.3. The molecule has 156 valence electrons. The third kappa shape index (κ3) is 4.43. The van der Waals surface area contributed by atoms with Crippen LogP contribution < -0.4 is 5.32 Å². The third-order valence-electron chi connectivity index (χ3n) is 6.69. The number of nitrogens with zero attached hydrogens (tertiary/aromatic N) is 4. The van der Waals surface area contributed by atoms with E-state index >= 15 is 0 Å². The molecule has 0 saturated carbocycles. The topological polar surface area (TPSA) is 53.4 Å². The van der Waals surface area contributed by atoms with E-state index in [2.05, 4.69) is 21.8 Å². The van der Waals surface area contributed by atoms with E-state index in [4.69, 9.17) is 5.10 Å². The van der Waals surface area contributed by atoms with Crippen molar-refractivity contribution in [2.45, 2.75) is 77.3 Å². The van der Waals surface area contributed by atoms with Gasteiger partial charge in [-0.1, -0.05) is 6.92 Å². The number of hydrogen-bond donors (Lipinski definition) is 1. The summed E-state index contributed by atoms with van der Waals surface area (Å²) in [6.07, 6.45) is 10.4. The summed E-state index contributed by atoms with van der Waals surface area (Å²) in [4.78, 5) is 17.8. The minimum absolute atomic E-state index is 0.170. The molecule has 1 amide bonds. The van der Waals surface area contributed by atoms with Gasteiger partial charge in [-0.05, 0) is 70.9 Å². The molecule has 0 radical (unpaired) electrons. The molecule has 2 fully saturated rings. The zero-order valence-corrected chi connectivity index (χ0v) is 17.6. The molecule has 3 aliphatic rings. The molecule has 3 heterocycles. The van der Waals surface area contributed by atoms with Crippen LogP contribution in [0.1, 0.15) is 73.6 Å². The second kappa shape index (κ2) is 9.40. The van der Waals surface area contributed by atoms with Crippen LogP contribution in [0.4, 0.5) is 0 Å². The Morgan fingerprint density at radius 3 is 2.57 bits per heavy atom. The number of piperidine rings is 1. The number of carbonyl (C=O) groups is 1. The van der Waals surface area contributed by atoms with Gasteiger partial charge in [0.25, 0.3) is 5.91 Å². The first-order valence-corrected chi connectivity index (χ1v) is 11.6. The van der Waals surface area contributed by atoms with Crippen molar-refractivity contribution < 1.29 is 4.79 Å². The van der Waals surface area contributed by atoms with E-state index < -0.39 is 0 Å². The predicted molar refractivity (Wildman–Crippen MR) is 112 cm³/mol. The fourth-order valence-electron chi connectivity index (χ4n) is 5.11. The van der Waals surface area contributed by atoms with E-state index in [1.54, 1.807) is 0 Å². The fourth-order valence-corrected chi connectivity index (χ4v) is 5.11. The molecule has 2 saturated heterocycles. The number of fused-ring (bicyclic) bond motifs is 1. The highest BCUT2D eigenvalue weighted by atomic mass is 16.2. The Balaban J connectivity index is 1.44. The predicted octanol–water partition coefficient (Wildman–Crippen LogP) is 2.46. The molecule has 0 spiro atoms. The van der Waals surface area contributed by atoms with Crippen LogP contribution in [0.2, 0.25) is 0 Å². The number of aryl methyl sites for hydroxylation is 1. The maximum atomic E-state index is 13.2. The van der Waals surface area contributed by atoms with Crippen molar-refractivity contribution >= 4 is 5.91 Å². The molecule has 1 atom stereocenters. The van der Waals surface area contributed by atoms with E-state index in [1.165, 1.54) is 43.6 Å². The van der Waals surface area contributed by atoms with Crippen molar-refractivity contribution in [3.63, 3.8) is 0 Å². The number of nitrogens with one attached hydrogen (secondary N) is 1. The molecule has 1 unspecified atom stereocenters. The van der Waals surface area contributed by atoms with Crippen LogP contribution >= 0.6 is 0 Å². The molecule has 2 aliphatic heterocycles. The van der Waals surface area contributed by atoms with Gasteiger partial charge in [-0.15, -0.1) is 0 Å². The van der Waals surface area contributed by atoms with Crippen LogP contribution in [-0.4, -0.2) is 70.8 Å². The first-order chi connectivity index (χ1) is 13.8. The van der Waals surface area contributed by atoms with Gasteiger partial charge >= 0.3 is 0 Å². The quantitative estimate of drug-likeness (QED) is 0.781. The average Bonchev–Trinajstić information content (AvgIpc) is 3.37. The minimum Gasteiger partial charge on any atom is -0.337 e. The summed E-state index contributed by atoms with van der Waals surface area (Å²) >= 11 is 0. The molecular weight excluding hydrogens is 350 g/mol. The summed E-state index contributed by atoms with van der Waals surface area (Å²) in [6.45, 7) is 9.62. The summed E-state index contributed by atoms with van der Waals surface area (Å²) in [5.41, 5.74) is 3.30. The summed E-state index contributed by atoms with van der Waals surface area (Å²) < 4.78 is 2.13. The van der Waals surface area contributed by atoms with Crippen LogP contribution in [0.25, 0.3) is 0 Å². The van der Waals surface area contributed by atoms with Crippen LogP contribution in [0.15, 0.2) is 0 Å². The average molecular weight is 388 g/mol. The van der Waals surface area contributed by atoms with E-state index in [1.807, 2.05) is 4.90 Å². The number of hydrogen-bond acceptors (Lipinski definition) is 4. The zero-order valence-electron chi connectivity index (χ0n) is 17.6. The number of amides is 1. The van der Waals surface area contributed by atoms with Gasteiger partial charge in [0, 0.05) is 50.0 Å². The maximum absolute atomic E-state index is 13.2. The second-order valence-corrected chi connectivity index (χ2v) is 8.79. The molecule has 6 heteroatoms. The first kappa shape index (κ1) is 19.9.